The number of ether oxygens (including phenoxy) is 1. The Labute approximate surface area is 76.0 Å². The second kappa shape index (κ2) is 2.33. The topological polar surface area (TPSA) is 46.5 Å². The first-order chi connectivity index (χ1) is 6.02. The molecule has 0 spiro atoms. The first kappa shape index (κ1) is 8.26. The fraction of sp³-hybridized carbons (Fsp3) is 0.300. The zero-order chi connectivity index (χ0) is 9.64. The minimum atomic E-state index is -1.46. The van der Waals surface area contributed by atoms with Gasteiger partial charge in [0.25, 0.3) is 0 Å². The standard InChI is InChI=1S/C10H10O3/c1-6-4-3-5-7-8(6)9(11)13-10(7,2)12/h3-5,12H,1-2H3. The van der Waals surface area contributed by atoms with Crippen LogP contribution in [-0.4, -0.2) is 11.1 Å². The number of cyclic esters (lactones) is 1. The minimum Gasteiger partial charge on any atom is -0.425 e. The van der Waals surface area contributed by atoms with Crippen molar-refractivity contribution < 1.29 is 14.6 Å². The molecule has 0 aromatic heterocycles. The summed E-state index contributed by atoms with van der Waals surface area (Å²) in [5, 5.41) is 9.70. The van der Waals surface area contributed by atoms with E-state index in [4.69, 9.17) is 4.74 Å². The van der Waals surface area contributed by atoms with Gasteiger partial charge in [0.05, 0.1) is 5.56 Å². The van der Waals surface area contributed by atoms with Gasteiger partial charge in [-0.2, -0.15) is 0 Å². The molecule has 1 aliphatic rings. The van der Waals surface area contributed by atoms with Gasteiger partial charge < -0.3 is 9.84 Å². The van der Waals surface area contributed by atoms with Gasteiger partial charge in [-0.05, 0) is 12.5 Å². The minimum absolute atomic E-state index is 0.446. The highest BCUT2D eigenvalue weighted by atomic mass is 16.7. The van der Waals surface area contributed by atoms with Crippen LogP contribution in [0.4, 0.5) is 0 Å². The highest BCUT2D eigenvalue weighted by Crippen LogP contribution is 2.35. The number of rotatable bonds is 0. The number of aliphatic hydroxyl groups is 1. The molecule has 1 atom stereocenters. The highest BCUT2D eigenvalue weighted by Gasteiger charge is 2.40. The number of benzene rings is 1. The van der Waals surface area contributed by atoms with Crippen LogP contribution in [0.25, 0.3) is 0 Å². The van der Waals surface area contributed by atoms with Gasteiger partial charge in [0, 0.05) is 12.5 Å². The molecule has 68 valence electrons. The van der Waals surface area contributed by atoms with E-state index in [1.165, 1.54) is 6.92 Å². The van der Waals surface area contributed by atoms with Gasteiger partial charge >= 0.3 is 5.97 Å². The molecule has 0 saturated carbocycles. The van der Waals surface area contributed by atoms with E-state index in [-0.39, 0.29) is 0 Å². The second-order valence-electron chi connectivity index (χ2n) is 3.37. The third-order valence-corrected chi connectivity index (χ3v) is 2.27. The maximum atomic E-state index is 11.3. The fourth-order valence-electron chi connectivity index (χ4n) is 1.61. The largest absolute Gasteiger partial charge is 0.425 e. The van der Waals surface area contributed by atoms with Gasteiger partial charge in [-0.15, -0.1) is 0 Å². The van der Waals surface area contributed by atoms with Gasteiger partial charge in [0.15, 0.2) is 0 Å². The molecule has 1 aromatic carbocycles. The number of hydrogen-bond donors (Lipinski definition) is 1. The van der Waals surface area contributed by atoms with E-state index in [1.807, 2.05) is 13.0 Å². The molecule has 1 unspecified atom stereocenters. The van der Waals surface area contributed by atoms with Crippen molar-refractivity contribution in [3.05, 3.63) is 34.9 Å². The molecule has 0 aliphatic carbocycles. The fourth-order valence-corrected chi connectivity index (χ4v) is 1.61. The number of fused-ring (bicyclic) bond motifs is 1. The van der Waals surface area contributed by atoms with Crippen molar-refractivity contribution in [3.63, 3.8) is 0 Å². The van der Waals surface area contributed by atoms with E-state index < -0.39 is 11.8 Å². The number of hydrogen-bond acceptors (Lipinski definition) is 3. The zero-order valence-corrected chi connectivity index (χ0v) is 7.50. The van der Waals surface area contributed by atoms with Crippen molar-refractivity contribution in [2.24, 2.45) is 0 Å². The van der Waals surface area contributed by atoms with Gasteiger partial charge in [-0.25, -0.2) is 4.79 Å². The van der Waals surface area contributed by atoms with Crippen LogP contribution >= 0.6 is 0 Å². The van der Waals surface area contributed by atoms with Crippen molar-refractivity contribution in [3.8, 4) is 0 Å². The molecule has 0 radical (unpaired) electrons. The molecule has 0 saturated heterocycles. The molecule has 1 aliphatic heterocycles. The number of carbonyl (C=O) groups excluding carboxylic acids is 1. The lowest BCUT2D eigenvalue weighted by Crippen LogP contribution is -2.20. The van der Waals surface area contributed by atoms with Crippen LogP contribution in [0.1, 0.15) is 28.4 Å². The van der Waals surface area contributed by atoms with Crippen LogP contribution in [0.5, 0.6) is 0 Å². The quantitative estimate of drug-likeness (QED) is 0.609. The van der Waals surface area contributed by atoms with Crippen LogP contribution < -0.4 is 0 Å². The summed E-state index contributed by atoms with van der Waals surface area (Å²) in [5.41, 5.74) is 1.88. The summed E-state index contributed by atoms with van der Waals surface area (Å²) in [6.45, 7) is 3.29. The van der Waals surface area contributed by atoms with Crippen LogP contribution in [0.3, 0.4) is 0 Å². The average molecular weight is 178 g/mol. The number of aryl methyl sites for hydroxylation is 1. The SMILES string of the molecule is Cc1cccc2c1C(=O)OC2(C)O. The van der Waals surface area contributed by atoms with E-state index >= 15 is 0 Å². The molecule has 0 fully saturated rings. The van der Waals surface area contributed by atoms with Crippen molar-refractivity contribution in [2.45, 2.75) is 19.6 Å². The molecular formula is C10H10O3. The number of esters is 1. The molecule has 1 aromatic rings. The molecule has 0 bridgehead atoms. The summed E-state index contributed by atoms with van der Waals surface area (Å²) in [5.74, 6) is -1.91. The Balaban J connectivity index is 2.72. The molecular weight excluding hydrogens is 168 g/mol. The predicted molar refractivity (Wildman–Crippen MR) is 46.2 cm³/mol. The second-order valence-corrected chi connectivity index (χ2v) is 3.37. The van der Waals surface area contributed by atoms with E-state index in [0.717, 1.165) is 5.56 Å². The maximum absolute atomic E-state index is 11.3. The summed E-state index contributed by atoms with van der Waals surface area (Å²) < 4.78 is 4.82. The third kappa shape index (κ3) is 1.04. The zero-order valence-electron chi connectivity index (χ0n) is 7.50. The van der Waals surface area contributed by atoms with Crippen LogP contribution in [0, 0.1) is 6.92 Å². The van der Waals surface area contributed by atoms with E-state index in [1.54, 1.807) is 12.1 Å². The number of carbonyl (C=O) groups is 1. The molecule has 1 heterocycles. The lowest BCUT2D eigenvalue weighted by atomic mass is 9.99. The molecule has 13 heavy (non-hydrogen) atoms. The molecule has 1 N–H and O–H groups in total. The Hall–Kier alpha value is -1.35. The summed E-state index contributed by atoms with van der Waals surface area (Å²) in [6, 6.07) is 5.32. The molecule has 2 rings (SSSR count). The Bertz CT molecular complexity index is 380. The van der Waals surface area contributed by atoms with E-state index in [9.17, 15) is 9.90 Å². The van der Waals surface area contributed by atoms with Crippen molar-refractivity contribution in [1.29, 1.82) is 0 Å². The van der Waals surface area contributed by atoms with Gasteiger partial charge in [0.1, 0.15) is 0 Å². The summed E-state index contributed by atoms with van der Waals surface area (Å²) in [6.07, 6.45) is 0. The van der Waals surface area contributed by atoms with Gasteiger partial charge in [0.2, 0.25) is 5.79 Å². The van der Waals surface area contributed by atoms with Crippen LogP contribution in [-0.2, 0) is 10.5 Å². The molecule has 3 heteroatoms. The summed E-state index contributed by atoms with van der Waals surface area (Å²) in [4.78, 5) is 11.3. The van der Waals surface area contributed by atoms with Gasteiger partial charge in [-0.1, -0.05) is 18.2 Å². The first-order valence-corrected chi connectivity index (χ1v) is 4.08. The Morgan fingerprint density at radius 2 is 2.15 bits per heavy atom. The first-order valence-electron chi connectivity index (χ1n) is 4.08. The van der Waals surface area contributed by atoms with E-state index in [0.29, 0.717) is 11.1 Å². The normalized spacial score (nSPS) is 25.6. The maximum Gasteiger partial charge on any atom is 0.341 e. The van der Waals surface area contributed by atoms with Crippen LogP contribution in [0.15, 0.2) is 18.2 Å². The monoisotopic (exact) mass is 178 g/mol. The molecule has 3 nitrogen and oxygen atoms in total. The van der Waals surface area contributed by atoms with E-state index in [2.05, 4.69) is 0 Å². The summed E-state index contributed by atoms with van der Waals surface area (Å²) in [7, 11) is 0. The smallest absolute Gasteiger partial charge is 0.341 e. The Morgan fingerprint density at radius 3 is 2.77 bits per heavy atom. The average Bonchev–Trinajstić information content (AvgIpc) is 2.24. The van der Waals surface area contributed by atoms with Crippen molar-refractivity contribution in [2.75, 3.05) is 0 Å². The highest BCUT2D eigenvalue weighted by molar-refractivity contribution is 5.95. The molecule has 0 amide bonds. The van der Waals surface area contributed by atoms with Gasteiger partial charge in [-0.3, -0.25) is 0 Å². The summed E-state index contributed by atoms with van der Waals surface area (Å²) >= 11 is 0. The van der Waals surface area contributed by atoms with Crippen molar-refractivity contribution >= 4 is 5.97 Å². The predicted octanol–water partition coefficient (Wildman–Crippen LogP) is 1.33. The Morgan fingerprint density at radius 1 is 1.46 bits per heavy atom. The van der Waals surface area contributed by atoms with Crippen molar-refractivity contribution in [1.82, 2.24) is 0 Å². The van der Waals surface area contributed by atoms with Crippen LogP contribution in [0.2, 0.25) is 0 Å². The lowest BCUT2D eigenvalue weighted by molar-refractivity contribution is -0.147. The Kier molecular flexibility index (Phi) is 1.48. The third-order valence-electron chi connectivity index (χ3n) is 2.27. The lowest BCUT2D eigenvalue weighted by Gasteiger charge is -2.15.